The number of amides is 1. The van der Waals surface area contributed by atoms with Crippen LogP contribution >= 0.6 is 0 Å². The fourth-order valence-corrected chi connectivity index (χ4v) is 4.21. The maximum atomic E-state index is 12.9. The molecule has 1 aliphatic heterocycles. The number of Topliss-reactive ketones (excluding diaryl/α,β-unsaturated/α-hetero) is 1. The van der Waals surface area contributed by atoms with Crippen LogP contribution in [0.3, 0.4) is 0 Å². The SMILES string of the molecule is CC(C)n1cc(C(=O)C(=O)NCC2(CCCO)CCNCC2)c2ccccc21. The van der Waals surface area contributed by atoms with Crippen LogP contribution in [0.2, 0.25) is 0 Å². The van der Waals surface area contributed by atoms with Crippen LogP contribution in [0.4, 0.5) is 0 Å². The number of ketones is 1. The van der Waals surface area contributed by atoms with E-state index in [0.717, 1.165) is 43.3 Å². The van der Waals surface area contributed by atoms with Gasteiger partial charge in [0, 0.05) is 36.3 Å². The molecule has 1 amide bonds. The first-order valence-electron chi connectivity index (χ1n) is 10.2. The lowest BCUT2D eigenvalue weighted by Gasteiger charge is -2.37. The van der Waals surface area contributed by atoms with E-state index >= 15 is 0 Å². The van der Waals surface area contributed by atoms with E-state index in [2.05, 4.69) is 24.5 Å². The molecular formula is C22H31N3O3. The number of piperidine rings is 1. The number of aromatic nitrogens is 1. The molecule has 1 fully saturated rings. The molecule has 0 saturated carbocycles. The van der Waals surface area contributed by atoms with E-state index in [1.54, 1.807) is 6.20 Å². The minimum absolute atomic E-state index is 0.0458. The van der Waals surface area contributed by atoms with E-state index in [0.29, 0.717) is 18.5 Å². The fraction of sp³-hybridized carbons (Fsp3) is 0.545. The highest BCUT2D eigenvalue weighted by atomic mass is 16.3. The first-order chi connectivity index (χ1) is 13.5. The molecule has 1 aromatic carbocycles. The molecule has 0 unspecified atom stereocenters. The number of benzene rings is 1. The number of nitrogens with zero attached hydrogens (tertiary/aromatic N) is 1. The highest BCUT2D eigenvalue weighted by Gasteiger charge is 2.33. The summed E-state index contributed by atoms with van der Waals surface area (Å²) in [6, 6.07) is 7.90. The van der Waals surface area contributed by atoms with E-state index in [1.165, 1.54) is 0 Å². The van der Waals surface area contributed by atoms with E-state index in [1.807, 2.05) is 28.8 Å². The maximum Gasteiger partial charge on any atom is 0.292 e. The summed E-state index contributed by atoms with van der Waals surface area (Å²) in [6.07, 6.45) is 5.24. The monoisotopic (exact) mass is 385 g/mol. The van der Waals surface area contributed by atoms with Gasteiger partial charge < -0.3 is 20.3 Å². The van der Waals surface area contributed by atoms with Crippen LogP contribution in [0.1, 0.15) is 55.9 Å². The van der Waals surface area contributed by atoms with Crippen LogP contribution in [0.5, 0.6) is 0 Å². The Labute approximate surface area is 166 Å². The maximum absolute atomic E-state index is 12.9. The standard InChI is InChI=1S/C22H31N3O3/c1-16(2)25-14-18(17-6-3-4-7-19(17)25)20(27)21(28)24-15-22(8-5-13-26)9-11-23-12-10-22/h3-4,6-7,14,16,23,26H,5,8-13,15H2,1-2H3,(H,24,28). The minimum atomic E-state index is -0.548. The first-order valence-corrected chi connectivity index (χ1v) is 10.2. The van der Waals surface area contributed by atoms with Crippen molar-refractivity contribution in [3.8, 4) is 0 Å². The summed E-state index contributed by atoms with van der Waals surface area (Å²) in [7, 11) is 0. The Hall–Kier alpha value is -2.18. The molecule has 0 bridgehead atoms. The molecule has 1 aromatic heterocycles. The van der Waals surface area contributed by atoms with Gasteiger partial charge in [-0.15, -0.1) is 0 Å². The van der Waals surface area contributed by atoms with Crippen LogP contribution in [-0.2, 0) is 4.79 Å². The molecule has 2 aromatic rings. The van der Waals surface area contributed by atoms with Gasteiger partial charge in [-0.2, -0.15) is 0 Å². The van der Waals surface area contributed by atoms with Gasteiger partial charge in [0.25, 0.3) is 11.7 Å². The fourth-order valence-electron chi connectivity index (χ4n) is 4.21. The number of para-hydroxylation sites is 1. The number of nitrogens with one attached hydrogen (secondary N) is 2. The highest BCUT2D eigenvalue weighted by Crippen LogP contribution is 2.33. The molecule has 1 aliphatic rings. The zero-order valence-corrected chi connectivity index (χ0v) is 16.8. The summed E-state index contributed by atoms with van der Waals surface area (Å²) in [5, 5.41) is 16.3. The summed E-state index contributed by atoms with van der Waals surface area (Å²) >= 11 is 0. The smallest absolute Gasteiger partial charge is 0.292 e. The lowest BCUT2D eigenvalue weighted by Crippen LogP contribution is -2.46. The number of rotatable bonds is 8. The molecular weight excluding hydrogens is 354 g/mol. The molecule has 2 heterocycles. The Balaban J connectivity index is 1.76. The van der Waals surface area contributed by atoms with Gasteiger partial charge in [-0.05, 0) is 64.1 Å². The Morgan fingerprint density at radius 1 is 1.25 bits per heavy atom. The van der Waals surface area contributed by atoms with Crippen LogP contribution in [-0.4, -0.2) is 47.6 Å². The summed E-state index contributed by atoms with van der Waals surface area (Å²) in [6.45, 7) is 6.54. The number of aliphatic hydroxyl groups excluding tert-OH is 1. The van der Waals surface area contributed by atoms with Crippen molar-refractivity contribution in [1.29, 1.82) is 0 Å². The van der Waals surface area contributed by atoms with Gasteiger partial charge >= 0.3 is 0 Å². The summed E-state index contributed by atoms with van der Waals surface area (Å²) in [5.74, 6) is -1.03. The van der Waals surface area contributed by atoms with Crippen molar-refractivity contribution in [3.05, 3.63) is 36.0 Å². The molecule has 1 saturated heterocycles. The molecule has 152 valence electrons. The van der Waals surface area contributed by atoms with E-state index in [9.17, 15) is 14.7 Å². The van der Waals surface area contributed by atoms with Crippen LogP contribution in [0.25, 0.3) is 10.9 Å². The van der Waals surface area contributed by atoms with Crippen molar-refractivity contribution in [3.63, 3.8) is 0 Å². The summed E-state index contributed by atoms with van der Waals surface area (Å²) in [4.78, 5) is 25.6. The number of carbonyl (C=O) groups is 2. The van der Waals surface area contributed by atoms with Gasteiger partial charge in [-0.3, -0.25) is 9.59 Å². The second-order valence-corrected chi connectivity index (χ2v) is 8.15. The third-order valence-corrected chi connectivity index (χ3v) is 5.90. The number of fused-ring (bicyclic) bond motifs is 1. The molecule has 28 heavy (non-hydrogen) atoms. The number of carbonyl (C=O) groups excluding carboxylic acids is 2. The Kier molecular flexibility index (Phi) is 6.52. The predicted octanol–water partition coefficient (Wildman–Crippen LogP) is 2.66. The normalized spacial score (nSPS) is 16.4. The van der Waals surface area contributed by atoms with Gasteiger partial charge in [0.05, 0.1) is 5.56 Å². The number of hydrogen-bond acceptors (Lipinski definition) is 4. The first kappa shape index (κ1) is 20.6. The number of hydrogen-bond donors (Lipinski definition) is 3. The Bertz CT molecular complexity index is 835. The Morgan fingerprint density at radius 3 is 2.64 bits per heavy atom. The molecule has 0 atom stereocenters. The van der Waals surface area contributed by atoms with E-state index in [-0.39, 0.29) is 18.1 Å². The van der Waals surface area contributed by atoms with Crippen molar-refractivity contribution < 1.29 is 14.7 Å². The van der Waals surface area contributed by atoms with Gasteiger partial charge in [-0.1, -0.05) is 18.2 Å². The van der Waals surface area contributed by atoms with Gasteiger partial charge in [-0.25, -0.2) is 0 Å². The quantitative estimate of drug-likeness (QED) is 0.482. The summed E-state index contributed by atoms with van der Waals surface area (Å²) in [5.41, 5.74) is 1.37. The third-order valence-electron chi connectivity index (χ3n) is 5.90. The zero-order chi connectivity index (χ0) is 20.1. The van der Waals surface area contributed by atoms with Crippen molar-refractivity contribution >= 4 is 22.6 Å². The molecule has 0 spiro atoms. The molecule has 3 rings (SSSR count). The topological polar surface area (TPSA) is 83.4 Å². The van der Waals surface area contributed by atoms with Crippen LogP contribution < -0.4 is 10.6 Å². The average molecular weight is 386 g/mol. The molecule has 6 heteroatoms. The van der Waals surface area contributed by atoms with Gasteiger partial charge in [0.2, 0.25) is 0 Å². The van der Waals surface area contributed by atoms with Crippen molar-refractivity contribution in [2.24, 2.45) is 5.41 Å². The second-order valence-electron chi connectivity index (χ2n) is 8.15. The van der Waals surface area contributed by atoms with Crippen LogP contribution in [0, 0.1) is 5.41 Å². The largest absolute Gasteiger partial charge is 0.396 e. The Morgan fingerprint density at radius 2 is 1.96 bits per heavy atom. The third kappa shape index (κ3) is 4.28. The number of aliphatic hydroxyl groups is 1. The van der Waals surface area contributed by atoms with Crippen molar-refractivity contribution in [1.82, 2.24) is 15.2 Å². The molecule has 0 aliphatic carbocycles. The van der Waals surface area contributed by atoms with Gasteiger partial charge in [0.15, 0.2) is 0 Å². The van der Waals surface area contributed by atoms with Crippen molar-refractivity contribution in [2.45, 2.75) is 45.6 Å². The summed E-state index contributed by atoms with van der Waals surface area (Å²) < 4.78 is 2.03. The zero-order valence-electron chi connectivity index (χ0n) is 16.8. The lowest BCUT2D eigenvalue weighted by atomic mass is 9.75. The second kappa shape index (κ2) is 8.88. The minimum Gasteiger partial charge on any atom is -0.396 e. The lowest BCUT2D eigenvalue weighted by molar-refractivity contribution is -0.117. The molecule has 0 radical (unpaired) electrons. The molecule has 3 N–H and O–H groups in total. The van der Waals surface area contributed by atoms with Crippen molar-refractivity contribution in [2.75, 3.05) is 26.2 Å². The van der Waals surface area contributed by atoms with Crippen LogP contribution in [0.15, 0.2) is 30.5 Å². The predicted molar refractivity (Wildman–Crippen MR) is 111 cm³/mol. The average Bonchev–Trinajstić information content (AvgIpc) is 3.11. The van der Waals surface area contributed by atoms with Gasteiger partial charge in [0.1, 0.15) is 0 Å². The molecule has 6 nitrogen and oxygen atoms in total. The highest BCUT2D eigenvalue weighted by molar-refractivity contribution is 6.45. The van der Waals surface area contributed by atoms with E-state index in [4.69, 9.17) is 0 Å². The van der Waals surface area contributed by atoms with E-state index < -0.39 is 11.7 Å².